The van der Waals surface area contributed by atoms with E-state index in [-0.39, 0.29) is 18.5 Å². The summed E-state index contributed by atoms with van der Waals surface area (Å²) < 4.78 is 5.49. The molecule has 0 saturated heterocycles. The number of rotatable bonds is 75. The van der Waals surface area contributed by atoms with E-state index < -0.39 is 12.1 Å². The second-order valence-electron chi connectivity index (χ2n) is 27.4. The molecule has 0 aromatic heterocycles. The zero-order valence-electron chi connectivity index (χ0n) is 58.6. The SMILES string of the molecule is CCCCCCCCCCCCCCCCCCCCC/C=C/C(O)C(CO)NC(=O)CCCCCCCCCCCCCCCCCCC/C=C\CCCCCCCCCCCCCCCCOC(=O)CCCCCCCCCCCCCCC. The molecular formula is C80H155NO5. The highest BCUT2D eigenvalue weighted by Gasteiger charge is 2.18. The number of nitrogens with one attached hydrogen (secondary N) is 1. The molecule has 0 saturated carbocycles. The molecule has 3 N–H and O–H groups in total. The third-order valence-corrected chi connectivity index (χ3v) is 18.7. The Morgan fingerprint density at radius 1 is 0.314 bits per heavy atom. The first-order chi connectivity index (χ1) is 42.5. The third kappa shape index (κ3) is 71.4. The summed E-state index contributed by atoms with van der Waals surface area (Å²) in [5.74, 6) is -0.0371. The molecule has 0 aliphatic heterocycles. The second-order valence-corrected chi connectivity index (χ2v) is 27.4. The zero-order chi connectivity index (χ0) is 62.0. The van der Waals surface area contributed by atoms with Crippen molar-refractivity contribution in [3.8, 4) is 0 Å². The van der Waals surface area contributed by atoms with Crippen LogP contribution in [-0.4, -0.2) is 47.4 Å². The molecule has 1 amide bonds. The number of carbonyl (C=O) groups is 2. The number of amides is 1. The van der Waals surface area contributed by atoms with Gasteiger partial charge < -0.3 is 20.3 Å². The lowest BCUT2D eigenvalue weighted by atomic mass is 10.0. The number of aliphatic hydroxyl groups excluding tert-OH is 2. The van der Waals surface area contributed by atoms with Gasteiger partial charge in [-0.25, -0.2) is 0 Å². The standard InChI is InChI=1S/C80H155NO5/c1-3-5-7-9-11-13-15-17-18-19-20-36-39-42-45-49-52-56-60-64-68-72-78(83)77(76-82)81-79(84)73-69-65-61-57-53-50-46-43-40-37-34-32-30-28-26-24-22-21-23-25-27-29-31-33-35-38-41-44-47-51-55-59-63-67-71-75-86-80(85)74-70-66-62-58-54-48-16-14-12-10-8-6-4-2/h23,25,68,72,77-78,82-83H,3-22,24,26-67,69-71,73-76H2,1-2H3,(H,81,84)/b25-23-,72-68+. The molecule has 0 aromatic rings. The normalized spacial score (nSPS) is 12.6. The molecule has 2 atom stereocenters. The minimum absolute atomic E-state index is 0.0224. The van der Waals surface area contributed by atoms with E-state index in [2.05, 4.69) is 31.3 Å². The molecule has 86 heavy (non-hydrogen) atoms. The summed E-state index contributed by atoms with van der Waals surface area (Å²) in [6, 6.07) is -0.626. The van der Waals surface area contributed by atoms with Crippen molar-refractivity contribution in [1.82, 2.24) is 5.32 Å². The van der Waals surface area contributed by atoms with E-state index in [9.17, 15) is 19.8 Å². The van der Waals surface area contributed by atoms with Crippen LogP contribution in [0.25, 0.3) is 0 Å². The first kappa shape index (κ1) is 84.3. The molecular weight excluding hydrogens is 1050 g/mol. The molecule has 0 spiro atoms. The molecule has 0 bridgehead atoms. The number of ether oxygens (including phenoxy) is 1. The first-order valence-electron chi connectivity index (χ1n) is 39.6. The fourth-order valence-electron chi connectivity index (χ4n) is 12.7. The largest absolute Gasteiger partial charge is 0.466 e. The van der Waals surface area contributed by atoms with Gasteiger partial charge in [0, 0.05) is 12.8 Å². The van der Waals surface area contributed by atoms with Gasteiger partial charge >= 0.3 is 5.97 Å². The molecule has 0 radical (unpaired) electrons. The Bertz CT molecular complexity index is 1350. The highest BCUT2D eigenvalue weighted by molar-refractivity contribution is 5.76. The molecule has 6 nitrogen and oxygen atoms in total. The number of carbonyl (C=O) groups excluding carboxylic acids is 2. The van der Waals surface area contributed by atoms with Gasteiger partial charge in [0.25, 0.3) is 0 Å². The van der Waals surface area contributed by atoms with Crippen molar-refractivity contribution in [2.75, 3.05) is 13.2 Å². The molecule has 0 rings (SSSR count). The number of esters is 1. The summed E-state index contributed by atoms with van der Waals surface area (Å²) in [4.78, 5) is 24.6. The maximum atomic E-state index is 12.5. The molecule has 0 heterocycles. The van der Waals surface area contributed by atoms with Gasteiger partial charge in [0.2, 0.25) is 5.91 Å². The Kier molecular flexibility index (Phi) is 74.3. The Hall–Kier alpha value is -1.66. The minimum Gasteiger partial charge on any atom is -0.466 e. The molecule has 0 aliphatic rings. The predicted octanol–water partition coefficient (Wildman–Crippen LogP) is 26.0. The lowest BCUT2D eigenvalue weighted by Gasteiger charge is -2.20. The van der Waals surface area contributed by atoms with Gasteiger partial charge in [-0.3, -0.25) is 9.59 Å². The van der Waals surface area contributed by atoms with Crippen LogP contribution >= 0.6 is 0 Å². The van der Waals surface area contributed by atoms with Crippen LogP contribution in [0.5, 0.6) is 0 Å². The Morgan fingerprint density at radius 2 is 0.547 bits per heavy atom. The van der Waals surface area contributed by atoms with E-state index in [0.29, 0.717) is 19.4 Å². The average Bonchev–Trinajstić information content (AvgIpc) is 3.57. The van der Waals surface area contributed by atoms with Crippen molar-refractivity contribution in [3.63, 3.8) is 0 Å². The highest BCUT2D eigenvalue weighted by atomic mass is 16.5. The van der Waals surface area contributed by atoms with Crippen LogP contribution in [0.1, 0.15) is 450 Å². The van der Waals surface area contributed by atoms with Crippen molar-refractivity contribution in [2.24, 2.45) is 0 Å². The highest BCUT2D eigenvalue weighted by Crippen LogP contribution is 2.20. The molecule has 2 unspecified atom stereocenters. The van der Waals surface area contributed by atoms with E-state index in [1.807, 2.05) is 6.08 Å². The van der Waals surface area contributed by atoms with E-state index >= 15 is 0 Å². The Morgan fingerprint density at radius 3 is 0.826 bits per heavy atom. The maximum Gasteiger partial charge on any atom is 0.305 e. The molecule has 0 aromatic carbocycles. The van der Waals surface area contributed by atoms with Crippen LogP contribution in [0.2, 0.25) is 0 Å². The van der Waals surface area contributed by atoms with E-state index in [1.165, 1.54) is 385 Å². The average molecular weight is 1210 g/mol. The van der Waals surface area contributed by atoms with E-state index in [0.717, 1.165) is 38.5 Å². The number of allylic oxidation sites excluding steroid dienone is 3. The summed E-state index contributed by atoms with van der Waals surface area (Å²) in [6.45, 7) is 4.96. The number of unbranched alkanes of at least 4 members (excludes halogenated alkanes) is 62. The smallest absolute Gasteiger partial charge is 0.305 e. The van der Waals surface area contributed by atoms with Crippen LogP contribution in [0, 0.1) is 0 Å². The van der Waals surface area contributed by atoms with Gasteiger partial charge in [0.05, 0.1) is 25.4 Å². The van der Waals surface area contributed by atoms with Crippen LogP contribution in [0.15, 0.2) is 24.3 Å². The first-order valence-corrected chi connectivity index (χ1v) is 39.6. The monoisotopic (exact) mass is 1210 g/mol. The van der Waals surface area contributed by atoms with Gasteiger partial charge in [-0.05, 0) is 57.8 Å². The van der Waals surface area contributed by atoms with E-state index in [1.54, 1.807) is 6.08 Å². The van der Waals surface area contributed by atoms with Crippen molar-refractivity contribution in [1.29, 1.82) is 0 Å². The topological polar surface area (TPSA) is 95.9 Å². The molecule has 0 aliphatic carbocycles. The lowest BCUT2D eigenvalue weighted by Crippen LogP contribution is -2.45. The summed E-state index contributed by atoms with van der Waals surface area (Å²) in [5, 5.41) is 23.3. The number of aliphatic hydroxyl groups is 2. The van der Waals surface area contributed by atoms with Crippen molar-refractivity contribution < 1.29 is 24.5 Å². The van der Waals surface area contributed by atoms with Crippen LogP contribution in [0.4, 0.5) is 0 Å². The second kappa shape index (κ2) is 75.8. The van der Waals surface area contributed by atoms with Crippen LogP contribution in [0.3, 0.4) is 0 Å². The Labute approximate surface area is 539 Å². The van der Waals surface area contributed by atoms with Crippen molar-refractivity contribution >= 4 is 11.9 Å². The molecule has 0 fully saturated rings. The van der Waals surface area contributed by atoms with E-state index in [4.69, 9.17) is 4.74 Å². The lowest BCUT2D eigenvalue weighted by molar-refractivity contribution is -0.143. The summed E-state index contributed by atoms with van der Waals surface area (Å²) in [5.41, 5.74) is 0. The number of hydrogen-bond acceptors (Lipinski definition) is 5. The quantitative estimate of drug-likeness (QED) is 0.0320. The summed E-state index contributed by atoms with van der Waals surface area (Å²) in [6.07, 6.45) is 97.3. The summed E-state index contributed by atoms with van der Waals surface area (Å²) >= 11 is 0. The fourth-order valence-corrected chi connectivity index (χ4v) is 12.7. The fraction of sp³-hybridized carbons (Fsp3) is 0.925. The summed E-state index contributed by atoms with van der Waals surface area (Å²) in [7, 11) is 0. The van der Waals surface area contributed by atoms with Gasteiger partial charge in [-0.2, -0.15) is 0 Å². The van der Waals surface area contributed by atoms with Crippen molar-refractivity contribution in [3.05, 3.63) is 24.3 Å². The molecule has 510 valence electrons. The van der Waals surface area contributed by atoms with Crippen LogP contribution < -0.4 is 5.32 Å². The third-order valence-electron chi connectivity index (χ3n) is 18.7. The van der Waals surface area contributed by atoms with Gasteiger partial charge in [0.15, 0.2) is 0 Å². The van der Waals surface area contributed by atoms with Gasteiger partial charge in [-0.1, -0.05) is 404 Å². The maximum absolute atomic E-state index is 12.5. The van der Waals surface area contributed by atoms with Crippen LogP contribution in [-0.2, 0) is 14.3 Å². The predicted molar refractivity (Wildman–Crippen MR) is 380 cm³/mol. The minimum atomic E-state index is -0.843. The van der Waals surface area contributed by atoms with Gasteiger partial charge in [-0.15, -0.1) is 0 Å². The Balaban J connectivity index is 3.36. The molecule has 6 heteroatoms. The van der Waals surface area contributed by atoms with Gasteiger partial charge in [0.1, 0.15) is 0 Å². The number of hydrogen-bond donors (Lipinski definition) is 3. The van der Waals surface area contributed by atoms with Crippen molar-refractivity contribution in [2.45, 2.75) is 463 Å². The zero-order valence-corrected chi connectivity index (χ0v) is 58.6.